The minimum absolute atomic E-state index is 0.254. The third-order valence-corrected chi connectivity index (χ3v) is 3.14. The van der Waals surface area contributed by atoms with Gasteiger partial charge in [0.25, 0.3) is 0 Å². The number of hydrogen-bond donors (Lipinski definition) is 2. The molecule has 2 rings (SSSR count). The summed E-state index contributed by atoms with van der Waals surface area (Å²) in [7, 11) is 0. The Labute approximate surface area is 98.0 Å². The van der Waals surface area contributed by atoms with Gasteiger partial charge in [0, 0.05) is 6.07 Å². The normalized spacial score (nSPS) is 27.9. The lowest BCUT2D eigenvalue weighted by molar-refractivity contribution is -0.145. The first-order valence-electron chi connectivity index (χ1n) is 5.52. The molecule has 0 aliphatic heterocycles. The van der Waals surface area contributed by atoms with E-state index in [1.54, 1.807) is 0 Å². The van der Waals surface area contributed by atoms with Crippen LogP contribution in [0, 0.1) is 17.8 Å². The number of aromatic nitrogens is 1. The van der Waals surface area contributed by atoms with E-state index >= 15 is 0 Å². The van der Waals surface area contributed by atoms with Gasteiger partial charge >= 0.3 is 5.97 Å². The lowest BCUT2D eigenvalue weighted by Crippen LogP contribution is -2.30. The number of amides is 1. The molecule has 0 bridgehead atoms. The lowest BCUT2D eigenvalue weighted by atomic mass is 9.95. The van der Waals surface area contributed by atoms with Gasteiger partial charge < -0.3 is 14.9 Å². The average Bonchev–Trinajstić information content (AvgIpc) is 2.86. The lowest BCUT2D eigenvalue weighted by Gasteiger charge is -2.13. The van der Waals surface area contributed by atoms with E-state index in [0.717, 1.165) is 0 Å². The number of carboxylic acid groups (broad SMARTS) is 1. The van der Waals surface area contributed by atoms with Crippen LogP contribution in [0.1, 0.15) is 19.8 Å². The van der Waals surface area contributed by atoms with E-state index in [1.165, 1.54) is 12.3 Å². The van der Waals surface area contributed by atoms with Gasteiger partial charge in [-0.1, -0.05) is 12.1 Å². The van der Waals surface area contributed by atoms with Crippen molar-refractivity contribution in [3.63, 3.8) is 0 Å². The van der Waals surface area contributed by atoms with E-state index < -0.39 is 17.8 Å². The van der Waals surface area contributed by atoms with Crippen LogP contribution in [0.4, 0.5) is 5.82 Å². The Bertz CT molecular complexity index is 415. The molecule has 92 valence electrons. The minimum Gasteiger partial charge on any atom is -0.481 e. The van der Waals surface area contributed by atoms with E-state index in [1.807, 2.05) is 6.92 Å². The topological polar surface area (TPSA) is 92.4 Å². The Hall–Kier alpha value is -1.85. The Balaban J connectivity index is 2.05. The molecule has 1 aromatic heterocycles. The van der Waals surface area contributed by atoms with Gasteiger partial charge in [0.1, 0.15) is 6.26 Å². The molecule has 1 heterocycles. The number of aliphatic carboxylic acids is 1. The first kappa shape index (κ1) is 11.6. The molecule has 1 saturated carbocycles. The van der Waals surface area contributed by atoms with Gasteiger partial charge in [-0.2, -0.15) is 0 Å². The van der Waals surface area contributed by atoms with Gasteiger partial charge in [-0.05, 0) is 18.8 Å². The molecule has 2 N–H and O–H groups in total. The molecule has 1 aliphatic carbocycles. The van der Waals surface area contributed by atoms with Crippen molar-refractivity contribution in [2.45, 2.75) is 19.8 Å². The van der Waals surface area contributed by atoms with Crippen molar-refractivity contribution in [2.75, 3.05) is 5.32 Å². The second kappa shape index (κ2) is 4.57. The molecule has 0 aromatic carbocycles. The first-order chi connectivity index (χ1) is 8.08. The van der Waals surface area contributed by atoms with Gasteiger partial charge in [0.15, 0.2) is 5.82 Å². The summed E-state index contributed by atoms with van der Waals surface area (Å²) in [6.07, 6.45) is 2.49. The van der Waals surface area contributed by atoms with Crippen molar-refractivity contribution in [1.82, 2.24) is 5.16 Å². The third kappa shape index (κ3) is 2.46. The number of carbonyl (C=O) groups is 2. The number of nitrogens with zero attached hydrogens (tertiary/aromatic N) is 1. The van der Waals surface area contributed by atoms with Crippen LogP contribution in [0.5, 0.6) is 0 Å². The van der Waals surface area contributed by atoms with Crippen molar-refractivity contribution >= 4 is 17.7 Å². The number of carbonyl (C=O) groups excluding carboxylic acids is 1. The summed E-state index contributed by atoms with van der Waals surface area (Å²) in [5.41, 5.74) is 0. The van der Waals surface area contributed by atoms with Crippen molar-refractivity contribution in [2.24, 2.45) is 17.8 Å². The molecule has 0 spiro atoms. The van der Waals surface area contributed by atoms with Crippen LogP contribution in [-0.4, -0.2) is 22.1 Å². The molecular weight excluding hydrogens is 224 g/mol. The standard InChI is InChI=1S/C11H14N2O4/c1-6-4-7(8(5-6)11(15)16)10(14)12-9-2-3-17-13-9/h2-3,6-8H,4-5H2,1H3,(H,15,16)(H,12,13,14). The van der Waals surface area contributed by atoms with Crippen LogP contribution < -0.4 is 5.32 Å². The summed E-state index contributed by atoms with van der Waals surface area (Å²) in [5, 5.41) is 15.2. The second-order valence-electron chi connectivity index (χ2n) is 4.50. The maximum absolute atomic E-state index is 11.9. The molecule has 6 nitrogen and oxygen atoms in total. The number of rotatable bonds is 3. The van der Waals surface area contributed by atoms with Crippen LogP contribution in [0.25, 0.3) is 0 Å². The van der Waals surface area contributed by atoms with Crippen LogP contribution in [0.3, 0.4) is 0 Å². The first-order valence-corrected chi connectivity index (χ1v) is 5.52. The molecule has 0 saturated heterocycles. The van der Waals surface area contributed by atoms with E-state index in [-0.39, 0.29) is 11.8 Å². The SMILES string of the molecule is CC1CC(C(=O)O)C(C(=O)Nc2ccon2)C1. The number of carboxylic acids is 1. The van der Waals surface area contributed by atoms with Crippen LogP contribution in [0.2, 0.25) is 0 Å². The number of hydrogen-bond acceptors (Lipinski definition) is 4. The van der Waals surface area contributed by atoms with Gasteiger partial charge in [0.05, 0.1) is 11.8 Å². The summed E-state index contributed by atoms with van der Waals surface area (Å²) in [6, 6.07) is 1.52. The minimum atomic E-state index is -0.908. The smallest absolute Gasteiger partial charge is 0.307 e. The zero-order valence-electron chi connectivity index (χ0n) is 9.42. The quantitative estimate of drug-likeness (QED) is 0.829. The molecule has 1 fully saturated rings. The maximum atomic E-state index is 11.9. The second-order valence-corrected chi connectivity index (χ2v) is 4.50. The summed E-state index contributed by atoms with van der Waals surface area (Å²) in [5.74, 6) is -1.72. The predicted molar refractivity (Wildman–Crippen MR) is 58.1 cm³/mol. The average molecular weight is 238 g/mol. The van der Waals surface area contributed by atoms with Crippen molar-refractivity contribution < 1.29 is 19.2 Å². The van der Waals surface area contributed by atoms with Crippen molar-refractivity contribution in [1.29, 1.82) is 0 Å². The van der Waals surface area contributed by atoms with Gasteiger partial charge in [-0.15, -0.1) is 0 Å². The summed E-state index contributed by atoms with van der Waals surface area (Å²) < 4.78 is 4.59. The van der Waals surface area contributed by atoms with Crippen LogP contribution in [-0.2, 0) is 9.59 Å². The Kier molecular flexibility index (Phi) is 3.12. The van der Waals surface area contributed by atoms with E-state index in [9.17, 15) is 9.59 Å². The summed E-state index contributed by atoms with van der Waals surface area (Å²) in [6.45, 7) is 1.96. The molecular formula is C11H14N2O4. The van der Waals surface area contributed by atoms with E-state index in [0.29, 0.717) is 18.7 Å². The van der Waals surface area contributed by atoms with Crippen molar-refractivity contribution in [3.8, 4) is 0 Å². The highest BCUT2D eigenvalue weighted by Crippen LogP contribution is 2.36. The van der Waals surface area contributed by atoms with Crippen LogP contribution in [0.15, 0.2) is 16.9 Å². The molecule has 3 atom stereocenters. The van der Waals surface area contributed by atoms with Crippen LogP contribution >= 0.6 is 0 Å². The van der Waals surface area contributed by atoms with Gasteiger partial charge in [0.2, 0.25) is 5.91 Å². The summed E-state index contributed by atoms with van der Waals surface area (Å²) in [4.78, 5) is 23.0. The number of anilines is 1. The number of nitrogens with one attached hydrogen (secondary N) is 1. The Morgan fingerprint density at radius 2 is 2.18 bits per heavy atom. The fraction of sp³-hybridized carbons (Fsp3) is 0.545. The van der Waals surface area contributed by atoms with E-state index in [4.69, 9.17) is 5.11 Å². The molecule has 17 heavy (non-hydrogen) atoms. The molecule has 1 aliphatic rings. The zero-order chi connectivity index (χ0) is 12.4. The predicted octanol–water partition coefficient (Wildman–Crippen LogP) is 1.36. The van der Waals surface area contributed by atoms with E-state index in [2.05, 4.69) is 15.0 Å². The fourth-order valence-electron chi connectivity index (χ4n) is 2.35. The van der Waals surface area contributed by atoms with Gasteiger partial charge in [-0.3, -0.25) is 9.59 Å². The zero-order valence-corrected chi connectivity index (χ0v) is 9.42. The molecule has 6 heteroatoms. The highest BCUT2D eigenvalue weighted by molar-refractivity contribution is 5.94. The largest absolute Gasteiger partial charge is 0.481 e. The highest BCUT2D eigenvalue weighted by Gasteiger charge is 2.41. The monoisotopic (exact) mass is 238 g/mol. The Morgan fingerprint density at radius 3 is 2.76 bits per heavy atom. The molecule has 1 amide bonds. The maximum Gasteiger partial charge on any atom is 0.307 e. The fourth-order valence-corrected chi connectivity index (χ4v) is 2.35. The molecule has 1 aromatic rings. The summed E-state index contributed by atoms with van der Waals surface area (Å²) >= 11 is 0. The van der Waals surface area contributed by atoms with Crippen molar-refractivity contribution in [3.05, 3.63) is 12.3 Å². The Morgan fingerprint density at radius 1 is 1.47 bits per heavy atom. The third-order valence-electron chi connectivity index (χ3n) is 3.14. The van der Waals surface area contributed by atoms with Gasteiger partial charge in [-0.25, -0.2) is 0 Å². The molecule has 0 radical (unpaired) electrons. The molecule has 3 unspecified atom stereocenters. The highest BCUT2D eigenvalue weighted by atomic mass is 16.5.